The van der Waals surface area contributed by atoms with Crippen LogP contribution in [0.1, 0.15) is 42.6 Å². The van der Waals surface area contributed by atoms with E-state index in [0.29, 0.717) is 38.0 Å². The number of carbonyl (C=O) groups is 3. The highest BCUT2D eigenvalue weighted by Gasteiger charge is 2.26. The van der Waals surface area contributed by atoms with Crippen LogP contribution in [0.15, 0.2) is 24.3 Å². The predicted molar refractivity (Wildman–Crippen MR) is 86.7 cm³/mol. The number of rotatable bonds is 6. The van der Waals surface area contributed by atoms with Crippen molar-refractivity contribution in [3.05, 3.63) is 35.4 Å². The summed E-state index contributed by atoms with van der Waals surface area (Å²) < 4.78 is 0. The largest absolute Gasteiger partial charge is 0.339 e. The molecule has 3 amide bonds. The van der Waals surface area contributed by atoms with Gasteiger partial charge >= 0.3 is 0 Å². The van der Waals surface area contributed by atoms with Crippen LogP contribution in [0.2, 0.25) is 0 Å². The minimum absolute atomic E-state index is 0.00401. The molecule has 1 aromatic rings. The molecule has 23 heavy (non-hydrogen) atoms. The monoisotopic (exact) mass is 317 g/mol. The van der Waals surface area contributed by atoms with Crippen LogP contribution >= 0.6 is 0 Å². The summed E-state index contributed by atoms with van der Waals surface area (Å²) in [5.41, 5.74) is 1.50. The second-order valence-corrected chi connectivity index (χ2v) is 5.52. The van der Waals surface area contributed by atoms with Crippen molar-refractivity contribution in [3.63, 3.8) is 0 Å². The fraction of sp³-hybridized carbons (Fsp3) is 0.471. The number of carbonyl (C=O) groups excluding carboxylic acids is 3. The third-order valence-corrected chi connectivity index (χ3v) is 4.08. The molecule has 0 bridgehead atoms. The van der Waals surface area contributed by atoms with E-state index in [1.807, 2.05) is 38.1 Å². The van der Waals surface area contributed by atoms with E-state index < -0.39 is 6.04 Å². The van der Waals surface area contributed by atoms with Crippen LogP contribution in [0, 0.1) is 0 Å². The Hall–Kier alpha value is -2.21. The van der Waals surface area contributed by atoms with E-state index in [1.54, 1.807) is 4.90 Å². The standard InChI is InChI=1S/C17H23N3O3/c1-3-20(4-2)17(23)13-8-6-5-7-12(13)11-18-14-9-10-15(21)19-16(14)22/h5-8,14,18H,3-4,9-11H2,1-2H3,(H,19,21,22). The lowest BCUT2D eigenvalue weighted by Crippen LogP contribution is -2.50. The van der Waals surface area contributed by atoms with Crippen molar-refractivity contribution >= 4 is 17.7 Å². The number of nitrogens with zero attached hydrogens (tertiary/aromatic N) is 1. The molecule has 1 aromatic carbocycles. The zero-order valence-corrected chi connectivity index (χ0v) is 13.6. The van der Waals surface area contributed by atoms with Crippen LogP contribution < -0.4 is 10.6 Å². The van der Waals surface area contributed by atoms with E-state index in [4.69, 9.17) is 0 Å². The summed E-state index contributed by atoms with van der Waals surface area (Å²) in [5, 5.41) is 5.47. The Balaban J connectivity index is 2.07. The van der Waals surface area contributed by atoms with Gasteiger partial charge in [0.25, 0.3) is 5.91 Å². The molecule has 1 heterocycles. The summed E-state index contributed by atoms with van der Waals surface area (Å²) in [6.45, 7) is 5.63. The maximum atomic E-state index is 12.6. The van der Waals surface area contributed by atoms with Gasteiger partial charge < -0.3 is 10.2 Å². The highest BCUT2D eigenvalue weighted by atomic mass is 16.2. The first-order valence-electron chi connectivity index (χ1n) is 8.01. The van der Waals surface area contributed by atoms with Crippen molar-refractivity contribution in [2.75, 3.05) is 13.1 Å². The van der Waals surface area contributed by atoms with E-state index in [0.717, 1.165) is 5.56 Å². The number of nitrogens with one attached hydrogen (secondary N) is 2. The highest BCUT2D eigenvalue weighted by Crippen LogP contribution is 2.13. The molecule has 124 valence electrons. The van der Waals surface area contributed by atoms with Gasteiger partial charge in [-0.05, 0) is 31.9 Å². The van der Waals surface area contributed by atoms with Crippen molar-refractivity contribution in [1.29, 1.82) is 0 Å². The smallest absolute Gasteiger partial charge is 0.254 e. The van der Waals surface area contributed by atoms with Gasteiger partial charge in [-0.15, -0.1) is 0 Å². The Labute approximate surface area is 136 Å². The molecule has 6 nitrogen and oxygen atoms in total. The zero-order chi connectivity index (χ0) is 16.8. The summed E-state index contributed by atoms with van der Waals surface area (Å²) in [6, 6.07) is 7.01. The molecule has 0 radical (unpaired) electrons. The Bertz CT molecular complexity index is 597. The molecule has 2 N–H and O–H groups in total. The number of amides is 3. The Morgan fingerprint density at radius 1 is 1.26 bits per heavy atom. The third-order valence-electron chi connectivity index (χ3n) is 4.08. The third kappa shape index (κ3) is 4.16. The molecular formula is C17H23N3O3. The Kier molecular flexibility index (Phi) is 5.87. The first-order chi connectivity index (χ1) is 11.1. The van der Waals surface area contributed by atoms with E-state index in [-0.39, 0.29) is 17.7 Å². The molecule has 6 heteroatoms. The van der Waals surface area contributed by atoms with Gasteiger partial charge in [-0.3, -0.25) is 19.7 Å². The maximum absolute atomic E-state index is 12.6. The van der Waals surface area contributed by atoms with Gasteiger partial charge in [-0.1, -0.05) is 18.2 Å². The molecule has 1 saturated heterocycles. The molecule has 0 spiro atoms. The minimum Gasteiger partial charge on any atom is -0.339 e. The molecule has 1 aliphatic rings. The van der Waals surface area contributed by atoms with Crippen LogP contribution in [0.4, 0.5) is 0 Å². The van der Waals surface area contributed by atoms with E-state index in [1.165, 1.54) is 0 Å². The molecule has 2 rings (SSSR count). The predicted octanol–water partition coefficient (Wildman–Crippen LogP) is 1.06. The molecule has 1 fully saturated rings. The van der Waals surface area contributed by atoms with Crippen LogP contribution in [0.3, 0.4) is 0 Å². The molecule has 1 unspecified atom stereocenters. The SMILES string of the molecule is CCN(CC)C(=O)c1ccccc1CNC1CCC(=O)NC1=O. The number of benzene rings is 1. The maximum Gasteiger partial charge on any atom is 0.254 e. The van der Waals surface area contributed by atoms with Crippen LogP contribution in [0.5, 0.6) is 0 Å². The summed E-state index contributed by atoms with van der Waals surface area (Å²) in [6.07, 6.45) is 0.820. The van der Waals surface area contributed by atoms with Gasteiger partial charge in [0.05, 0.1) is 6.04 Å². The average Bonchev–Trinajstić information content (AvgIpc) is 2.55. The number of hydrogen-bond acceptors (Lipinski definition) is 4. The zero-order valence-electron chi connectivity index (χ0n) is 13.6. The second kappa shape index (κ2) is 7.87. The van der Waals surface area contributed by atoms with Crippen molar-refractivity contribution in [2.24, 2.45) is 0 Å². The Morgan fingerprint density at radius 3 is 2.61 bits per heavy atom. The average molecular weight is 317 g/mol. The minimum atomic E-state index is -0.399. The lowest BCUT2D eigenvalue weighted by molar-refractivity contribution is -0.134. The molecule has 0 aromatic heterocycles. The fourth-order valence-electron chi connectivity index (χ4n) is 2.69. The summed E-state index contributed by atoms with van der Waals surface area (Å²) in [5.74, 6) is -0.533. The highest BCUT2D eigenvalue weighted by molar-refractivity contribution is 6.00. The van der Waals surface area contributed by atoms with E-state index in [9.17, 15) is 14.4 Å². The van der Waals surface area contributed by atoms with Crippen LogP contribution in [-0.2, 0) is 16.1 Å². The van der Waals surface area contributed by atoms with Gasteiger partial charge in [0.15, 0.2) is 0 Å². The van der Waals surface area contributed by atoms with Crippen LogP contribution in [0.25, 0.3) is 0 Å². The Morgan fingerprint density at radius 2 is 1.96 bits per heavy atom. The van der Waals surface area contributed by atoms with Gasteiger partial charge in [0, 0.05) is 31.6 Å². The normalized spacial score (nSPS) is 17.7. The molecule has 1 aliphatic heterocycles. The van der Waals surface area contributed by atoms with Gasteiger partial charge in [0.1, 0.15) is 0 Å². The van der Waals surface area contributed by atoms with Gasteiger partial charge in [-0.2, -0.15) is 0 Å². The second-order valence-electron chi connectivity index (χ2n) is 5.52. The lowest BCUT2D eigenvalue weighted by atomic mass is 10.0. The number of piperidine rings is 1. The first-order valence-corrected chi connectivity index (χ1v) is 8.01. The summed E-state index contributed by atoms with van der Waals surface area (Å²) in [7, 11) is 0. The molecule has 0 aliphatic carbocycles. The van der Waals surface area contributed by atoms with Crippen molar-refractivity contribution in [3.8, 4) is 0 Å². The van der Waals surface area contributed by atoms with Gasteiger partial charge in [-0.25, -0.2) is 0 Å². The summed E-state index contributed by atoms with van der Waals surface area (Å²) >= 11 is 0. The van der Waals surface area contributed by atoms with E-state index in [2.05, 4.69) is 10.6 Å². The van der Waals surface area contributed by atoms with Crippen molar-refractivity contribution in [2.45, 2.75) is 39.3 Å². The van der Waals surface area contributed by atoms with Crippen LogP contribution in [-0.4, -0.2) is 41.8 Å². The van der Waals surface area contributed by atoms with Crippen molar-refractivity contribution in [1.82, 2.24) is 15.5 Å². The van der Waals surface area contributed by atoms with Crippen molar-refractivity contribution < 1.29 is 14.4 Å². The molecule has 1 atom stereocenters. The topological polar surface area (TPSA) is 78.5 Å². The quantitative estimate of drug-likeness (QED) is 0.769. The number of imide groups is 1. The summed E-state index contributed by atoms with van der Waals surface area (Å²) in [4.78, 5) is 37.3. The fourth-order valence-corrected chi connectivity index (χ4v) is 2.69. The lowest BCUT2D eigenvalue weighted by Gasteiger charge is -2.23. The van der Waals surface area contributed by atoms with Gasteiger partial charge in [0.2, 0.25) is 11.8 Å². The molecular weight excluding hydrogens is 294 g/mol. The first kappa shape index (κ1) is 17.1. The molecule has 0 saturated carbocycles. The number of hydrogen-bond donors (Lipinski definition) is 2. The van der Waals surface area contributed by atoms with E-state index >= 15 is 0 Å².